The molecule has 178 valence electrons. The summed E-state index contributed by atoms with van der Waals surface area (Å²) in [6, 6.07) is 9.60. The van der Waals surface area contributed by atoms with Gasteiger partial charge in [0.15, 0.2) is 5.69 Å². The minimum Gasteiger partial charge on any atom is -0.464 e. The Labute approximate surface area is 198 Å². The van der Waals surface area contributed by atoms with Crippen LogP contribution < -0.4 is 16.0 Å². The van der Waals surface area contributed by atoms with E-state index in [1.807, 2.05) is 31.2 Å². The summed E-state index contributed by atoms with van der Waals surface area (Å²) in [5, 5.41) is 2.61. The molecule has 0 spiro atoms. The molecule has 1 amide bonds. The van der Waals surface area contributed by atoms with Crippen molar-refractivity contribution < 1.29 is 14.3 Å². The first-order chi connectivity index (χ1) is 16.4. The molecule has 3 aromatic rings. The highest BCUT2D eigenvalue weighted by Crippen LogP contribution is 2.29. The number of ether oxygens (including phenoxy) is 1. The summed E-state index contributed by atoms with van der Waals surface area (Å²) in [6.45, 7) is 6.23. The third kappa shape index (κ3) is 4.72. The summed E-state index contributed by atoms with van der Waals surface area (Å²) in [6.07, 6.45) is 1.46. The number of carbonyl (C=O) groups excluding carboxylic acids is 2. The number of amides is 1. The highest BCUT2D eigenvalue weighted by Gasteiger charge is 2.21. The van der Waals surface area contributed by atoms with E-state index in [0.717, 1.165) is 55.2 Å². The van der Waals surface area contributed by atoms with Gasteiger partial charge >= 0.3 is 5.97 Å². The molecule has 0 saturated carbocycles. The van der Waals surface area contributed by atoms with E-state index in [2.05, 4.69) is 30.1 Å². The number of piperazine rings is 1. The third-order valence-electron chi connectivity index (χ3n) is 6.04. The molecule has 0 aliphatic carbocycles. The number of nitrogens with zero attached hydrogens (tertiary/aromatic N) is 4. The summed E-state index contributed by atoms with van der Waals surface area (Å²) in [5.74, 6) is -0.690. The Bertz CT molecular complexity index is 1200. The lowest BCUT2D eigenvalue weighted by Crippen LogP contribution is -2.46. The molecule has 1 fully saturated rings. The molecule has 4 N–H and O–H groups in total. The predicted octanol–water partition coefficient (Wildman–Crippen LogP) is 1.83. The lowest BCUT2D eigenvalue weighted by molar-refractivity contribution is 0.0595. The van der Waals surface area contributed by atoms with Gasteiger partial charge in [-0.1, -0.05) is 12.1 Å². The number of benzene rings is 1. The SMILES string of the molecule is CNC(=O)c1ccc(N2CCN(Cc3ccc(-c4[nH]cnc4C(=O)OC)c(N)c3)CC2)c(C)n1. The van der Waals surface area contributed by atoms with Crippen molar-refractivity contribution >= 4 is 23.3 Å². The second kappa shape index (κ2) is 9.92. The minimum absolute atomic E-state index is 0.182. The van der Waals surface area contributed by atoms with Gasteiger partial charge in [0.05, 0.1) is 30.5 Å². The number of rotatable bonds is 6. The molecule has 1 aliphatic rings. The maximum atomic E-state index is 11.9. The molecule has 0 bridgehead atoms. The Morgan fingerprint density at radius 1 is 1.18 bits per heavy atom. The first kappa shape index (κ1) is 23.2. The van der Waals surface area contributed by atoms with Crippen LogP contribution in [0.1, 0.15) is 32.2 Å². The van der Waals surface area contributed by atoms with Gasteiger partial charge in [-0.15, -0.1) is 0 Å². The number of H-pyrrole nitrogens is 1. The maximum Gasteiger partial charge on any atom is 0.358 e. The molecule has 1 aliphatic heterocycles. The molecule has 0 atom stereocenters. The Balaban J connectivity index is 1.39. The van der Waals surface area contributed by atoms with Crippen LogP contribution in [-0.4, -0.2) is 72.1 Å². The van der Waals surface area contributed by atoms with Gasteiger partial charge < -0.3 is 25.7 Å². The van der Waals surface area contributed by atoms with Gasteiger partial charge in [-0.2, -0.15) is 0 Å². The summed E-state index contributed by atoms with van der Waals surface area (Å²) >= 11 is 0. The molecule has 0 radical (unpaired) electrons. The molecular weight excluding hydrogens is 434 g/mol. The Kier molecular flexibility index (Phi) is 6.78. The van der Waals surface area contributed by atoms with Gasteiger partial charge in [0.1, 0.15) is 5.69 Å². The van der Waals surface area contributed by atoms with Crippen molar-refractivity contribution in [3.8, 4) is 11.3 Å². The van der Waals surface area contributed by atoms with Gasteiger partial charge in [0, 0.05) is 51.0 Å². The fourth-order valence-corrected chi connectivity index (χ4v) is 4.24. The maximum absolute atomic E-state index is 11.9. The number of pyridine rings is 1. The molecule has 2 aromatic heterocycles. The van der Waals surface area contributed by atoms with Crippen molar-refractivity contribution in [2.75, 3.05) is 51.0 Å². The summed E-state index contributed by atoms with van der Waals surface area (Å²) in [5.41, 5.74) is 11.8. The number of nitrogens with two attached hydrogens (primary N) is 1. The number of methoxy groups -OCH3 is 1. The predicted molar refractivity (Wildman–Crippen MR) is 130 cm³/mol. The Hall–Kier alpha value is -3.92. The zero-order valence-corrected chi connectivity index (χ0v) is 19.6. The van der Waals surface area contributed by atoms with E-state index in [9.17, 15) is 9.59 Å². The fourth-order valence-electron chi connectivity index (χ4n) is 4.24. The number of nitrogen functional groups attached to an aromatic ring is 1. The second-order valence-corrected chi connectivity index (χ2v) is 8.18. The van der Waals surface area contributed by atoms with Crippen molar-refractivity contribution in [2.24, 2.45) is 0 Å². The zero-order chi connectivity index (χ0) is 24.2. The van der Waals surface area contributed by atoms with Crippen molar-refractivity contribution in [2.45, 2.75) is 13.5 Å². The van der Waals surface area contributed by atoms with Crippen molar-refractivity contribution in [1.82, 2.24) is 25.2 Å². The van der Waals surface area contributed by atoms with Gasteiger partial charge in [0.2, 0.25) is 0 Å². The summed E-state index contributed by atoms with van der Waals surface area (Å²) < 4.78 is 4.80. The average molecular weight is 464 g/mol. The van der Waals surface area contributed by atoms with Crippen molar-refractivity contribution in [3.63, 3.8) is 0 Å². The number of aryl methyl sites for hydroxylation is 1. The van der Waals surface area contributed by atoms with E-state index in [4.69, 9.17) is 10.5 Å². The van der Waals surface area contributed by atoms with E-state index in [0.29, 0.717) is 17.1 Å². The van der Waals surface area contributed by atoms with Crippen LogP contribution in [0.5, 0.6) is 0 Å². The molecule has 1 aromatic carbocycles. The third-order valence-corrected chi connectivity index (χ3v) is 6.04. The number of hydrogen-bond acceptors (Lipinski definition) is 8. The van der Waals surface area contributed by atoms with E-state index in [1.54, 1.807) is 13.1 Å². The highest BCUT2D eigenvalue weighted by atomic mass is 16.5. The first-order valence-electron chi connectivity index (χ1n) is 11.1. The van der Waals surface area contributed by atoms with Gasteiger partial charge in [-0.05, 0) is 30.7 Å². The molecular formula is C24H29N7O3. The van der Waals surface area contributed by atoms with Crippen LogP contribution in [0.25, 0.3) is 11.3 Å². The fraction of sp³-hybridized carbons (Fsp3) is 0.333. The first-order valence-corrected chi connectivity index (χ1v) is 11.1. The largest absolute Gasteiger partial charge is 0.464 e. The average Bonchev–Trinajstić information content (AvgIpc) is 3.33. The van der Waals surface area contributed by atoms with E-state index in [1.165, 1.54) is 13.4 Å². The van der Waals surface area contributed by atoms with Crippen LogP contribution in [0, 0.1) is 6.92 Å². The lowest BCUT2D eigenvalue weighted by atomic mass is 10.0. The number of anilines is 2. The normalized spacial score (nSPS) is 14.1. The monoisotopic (exact) mass is 463 g/mol. The number of aromatic amines is 1. The van der Waals surface area contributed by atoms with Crippen LogP contribution >= 0.6 is 0 Å². The Morgan fingerprint density at radius 3 is 2.59 bits per heavy atom. The molecule has 10 nitrogen and oxygen atoms in total. The zero-order valence-electron chi connectivity index (χ0n) is 19.6. The van der Waals surface area contributed by atoms with Gasteiger partial charge in [-0.3, -0.25) is 9.69 Å². The van der Waals surface area contributed by atoms with E-state index >= 15 is 0 Å². The number of nitrogens with one attached hydrogen (secondary N) is 2. The van der Waals surface area contributed by atoms with E-state index < -0.39 is 5.97 Å². The summed E-state index contributed by atoms with van der Waals surface area (Å²) in [4.78, 5) is 39.9. The minimum atomic E-state index is -0.508. The standard InChI is InChI=1S/C24H29N7O3/c1-15-20(7-6-19(29-15)23(32)26-2)31-10-8-30(9-11-31)13-16-4-5-17(18(25)12-16)21-22(24(33)34-3)28-14-27-21/h4-7,12,14H,8-11,13,25H2,1-3H3,(H,26,32)(H,27,28). The lowest BCUT2D eigenvalue weighted by Gasteiger charge is -2.36. The summed E-state index contributed by atoms with van der Waals surface area (Å²) in [7, 11) is 2.93. The van der Waals surface area contributed by atoms with Gasteiger partial charge in [0.25, 0.3) is 5.91 Å². The smallest absolute Gasteiger partial charge is 0.358 e. The topological polar surface area (TPSA) is 129 Å². The molecule has 4 rings (SSSR count). The number of carbonyl (C=O) groups is 2. The molecule has 0 unspecified atom stereocenters. The molecule has 3 heterocycles. The number of hydrogen-bond donors (Lipinski definition) is 3. The van der Waals surface area contributed by atoms with Crippen LogP contribution in [0.2, 0.25) is 0 Å². The van der Waals surface area contributed by atoms with E-state index in [-0.39, 0.29) is 11.6 Å². The number of imidazole rings is 1. The van der Waals surface area contributed by atoms with Crippen molar-refractivity contribution in [1.29, 1.82) is 0 Å². The number of aromatic nitrogens is 3. The second-order valence-electron chi connectivity index (χ2n) is 8.18. The number of esters is 1. The van der Waals surface area contributed by atoms with Crippen LogP contribution in [0.4, 0.5) is 11.4 Å². The molecule has 1 saturated heterocycles. The van der Waals surface area contributed by atoms with Crippen LogP contribution in [-0.2, 0) is 11.3 Å². The Morgan fingerprint density at radius 2 is 1.94 bits per heavy atom. The quantitative estimate of drug-likeness (QED) is 0.373. The molecule has 34 heavy (non-hydrogen) atoms. The molecule has 10 heteroatoms. The highest BCUT2D eigenvalue weighted by molar-refractivity contribution is 5.96. The van der Waals surface area contributed by atoms with Crippen LogP contribution in [0.3, 0.4) is 0 Å². The van der Waals surface area contributed by atoms with Crippen molar-refractivity contribution in [3.05, 3.63) is 59.3 Å². The van der Waals surface area contributed by atoms with Crippen LogP contribution in [0.15, 0.2) is 36.7 Å². The van der Waals surface area contributed by atoms with Gasteiger partial charge in [-0.25, -0.2) is 14.8 Å².